The van der Waals surface area contributed by atoms with E-state index in [1.54, 1.807) is 18.2 Å². The fourth-order valence-corrected chi connectivity index (χ4v) is 1.28. The van der Waals surface area contributed by atoms with Crippen LogP contribution in [0.2, 0.25) is 5.02 Å². The Morgan fingerprint density at radius 3 is 2.59 bits per heavy atom. The second-order valence-corrected chi connectivity index (χ2v) is 3.73. The van der Waals surface area contributed by atoms with Crippen LogP contribution in [0.5, 0.6) is 0 Å². The number of pyridine rings is 2. The molecule has 17 heavy (non-hydrogen) atoms. The van der Waals surface area contributed by atoms with Gasteiger partial charge in [0.1, 0.15) is 11.5 Å². The SMILES string of the molecule is Nc1ccc(NC(=O)c2ccc(Cl)cn2)nc1. The lowest BCUT2D eigenvalue weighted by molar-refractivity contribution is 0.102. The Bertz CT molecular complexity index is 524. The molecule has 2 aromatic rings. The number of nitrogen functional groups attached to an aromatic ring is 1. The maximum absolute atomic E-state index is 11.7. The molecule has 0 aliphatic rings. The first-order valence-corrected chi connectivity index (χ1v) is 5.17. The molecule has 0 aliphatic carbocycles. The first-order chi connectivity index (χ1) is 8.15. The number of aromatic nitrogens is 2. The van der Waals surface area contributed by atoms with Gasteiger partial charge in [0.15, 0.2) is 0 Å². The van der Waals surface area contributed by atoms with Gasteiger partial charge in [-0.1, -0.05) is 11.6 Å². The van der Waals surface area contributed by atoms with Crippen molar-refractivity contribution in [3.63, 3.8) is 0 Å². The fourth-order valence-electron chi connectivity index (χ4n) is 1.17. The van der Waals surface area contributed by atoms with Crippen LogP contribution in [0, 0.1) is 0 Å². The topological polar surface area (TPSA) is 80.9 Å². The summed E-state index contributed by atoms with van der Waals surface area (Å²) in [5, 5.41) is 3.07. The van der Waals surface area contributed by atoms with Gasteiger partial charge in [-0.25, -0.2) is 9.97 Å². The molecule has 0 unspecified atom stereocenters. The third kappa shape index (κ3) is 2.92. The molecule has 5 nitrogen and oxygen atoms in total. The number of amides is 1. The smallest absolute Gasteiger partial charge is 0.275 e. The number of nitrogens with two attached hydrogens (primary N) is 1. The monoisotopic (exact) mass is 248 g/mol. The lowest BCUT2D eigenvalue weighted by Gasteiger charge is -2.03. The van der Waals surface area contributed by atoms with Crippen molar-refractivity contribution in [2.24, 2.45) is 0 Å². The number of nitrogens with one attached hydrogen (secondary N) is 1. The molecule has 0 aromatic carbocycles. The minimum absolute atomic E-state index is 0.271. The van der Waals surface area contributed by atoms with Crippen LogP contribution in [0.25, 0.3) is 0 Å². The average Bonchev–Trinajstić information content (AvgIpc) is 2.33. The van der Waals surface area contributed by atoms with Crippen molar-refractivity contribution in [2.75, 3.05) is 11.1 Å². The van der Waals surface area contributed by atoms with E-state index in [2.05, 4.69) is 15.3 Å². The molecule has 1 amide bonds. The van der Waals surface area contributed by atoms with E-state index in [-0.39, 0.29) is 11.6 Å². The third-order valence-corrected chi connectivity index (χ3v) is 2.21. The molecule has 2 aromatic heterocycles. The van der Waals surface area contributed by atoms with Gasteiger partial charge in [-0.3, -0.25) is 4.79 Å². The van der Waals surface area contributed by atoms with Crippen molar-refractivity contribution in [1.29, 1.82) is 0 Å². The summed E-state index contributed by atoms with van der Waals surface area (Å²) >= 11 is 5.67. The summed E-state index contributed by atoms with van der Waals surface area (Å²) < 4.78 is 0. The van der Waals surface area contributed by atoms with Crippen molar-refractivity contribution in [3.8, 4) is 0 Å². The maximum atomic E-state index is 11.7. The van der Waals surface area contributed by atoms with E-state index in [0.717, 1.165) is 0 Å². The highest BCUT2D eigenvalue weighted by molar-refractivity contribution is 6.30. The van der Waals surface area contributed by atoms with E-state index < -0.39 is 0 Å². The lowest BCUT2D eigenvalue weighted by atomic mass is 10.3. The molecular weight excluding hydrogens is 240 g/mol. The minimum Gasteiger partial charge on any atom is -0.397 e. The van der Waals surface area contributed by atoms with Crippen molar-refractivity contribution in [1.82, 2.24) is 9.97 Å². The number of nitrogens with zero attached hydrogens (tertiary/aromatic N) is 2. The molecule has 0 radical (unpaired) electrons. The first-order valence-electron chi connectivity index (χ1n) is 4.79. The van der Waals surface area contributed by atoms with Gasteiger partial charge in [0.2, 0.25) is 0 Å². The predicted molar refractivity (Wildman–Crippen MR) is 65.8 cm³/mol. The normalized spacial score (nSPS) is 9.94. The number of halogens is 1. The lowest BCUT2D eigenvalue weighted by Crippen LogP contribution is -2.14. The molecule has 0 spiro atoms. The summed E-state index contributed by atoms with van der Waals surface area (Å²) in [7, 11) is 0. The van der Waals surface area contributed by atoms with Gasteiger partial charge < -0.3 is 11.1 Å². The molecule has 0 bridgehead atoms. The summed E-state index contributed by atoms with van der Waals surface area (Å²) in [5.74, 6) is 0.0693. The maximum Gasteiger partial charge on any atom is 0.275 e. The Labute approximate surface area is 103 Å². The fraction of sp³-hybridized carbons (Fsp3) is 0. The Morgan fingerprint density at radius 1 is 1.18 bits per heavy atom. The highest BCUT2D eigenvalue weighted by atomic mass is 35.5. The zero-order valence-electron chi connectivity index (χ0n) is 8.72. The van der Waals surface area contributed by atoms with Crippen molar-refractivity contribution in [3.05, 3.63) is 47.4 Å². The van der Waals surface area contributed by atoms with E-state index in [9.17, 15) is 4.79 Å². The highest BCUT2D eigenvalue weighted by Crippen LogP contribution is 2.09. The summed E-state index contributed by atoms with van der Waals surface area (Å²) in [6.45, 7) is 0. The van der Waals surface area contributed by atoms with Crippen LogP contribution in [-0.2, 0) is 0 Å². The number of anilines is 2. The predicted octanol–water partition coefficient (Wildman–Crippen LogP) is 1.96. The van der Waals surface area contributed by atoms with Gasteiger partial charge in [-0.05, 0) is 24.3 Å². The molecule has 2 heterocycles. The number of hydrogen-bond acceptors (Lipinski definition) is 4. The molecule has 0 fully saturated rings. The molecule has 3 N–H and O–H groups in total. The Morgan fingerprint density at radius 2 is 2.00 bits per heavy atom. The largest absolute Gasteiger partial charge is 0.397 e. The van der Waals surface area contributed by atoms with E-state index in [4.69, 9.17) is 17.3 Å². The molecule has 6 heteroatoms. The second kappa shape index (κ2) is 4.80. The Kier molecular flexibility index (Phi) is 3.20. The number of carbonyl (C=O) groups excluding carboxylic acids is 1. The summed E-state index contributed by atoms with van der Waals surface area (Å²) in [6.07, 6.45) is 2.87. The minimum atomic E-state index is -0.348. The number of carbonyl (C=O) groups is 1. The van der Waals surface area contributed by atoms with Crippen LogP contribution in [0.3, 0.4) is 0 Å². The number of hydrogen-bond donors (Lipinski definition) is 2. The van der Waals surface area contributed by atoms with Crippen LogP contribution in [-0.4, -0.2) is 15.9 Å². The highest BCUT2D eigenvalue weighted by Gasteiger charge is 2.07. The molecule has 0 saturated heterocycles. The van der Waals surface area contributed by atoms with E-state index >= 15 is 0 Å². The molecule has 2 rings (SSSR count). The van der Waals surface area contributed by atoms with Gasteiger partial charge in [-0.15, -0.1) is 0 Å². The molecule has 0 atom stereocenters. The summed E-state index contributed by atoms with van der Waals surface area (Å²) in [5.41, 5.74) is 6.29. The Balaban J connectivity index is 2.11. The van der Waals surface area contributed by atoms with Crippen LogP contribution in [0.15, 0.2) is 36.7 Å². The Hall–Kier alpha value is -2.14. The third-order valence-electron chi connectivity index (χ3n) is 1.99. The van der Waals surface area contributed by atoms with Gasteiger partial charge in [-0.2, -0.15) is 0 Å². The van der Waals surface area contributed by atoms with Crippen LogP contribution >= 0.6 is 11.6 Å². The average molecular weight is 249 g/mol. The van der Waals surface area contributed by atoms with E-state index in [1.165, 1.54) is 18.5 Å². The van der Waals surface area contributed by atoms with Crippen molar-refractivity contribution in [2.45, 2.75) is 0 Å². The zero-order valence-corrected chi connectivity index (χ0v) is 9.48. The van der Waals surface area contributed by atoms with Gasteiger partial charge in [0.05, 0.1) is 16.9 Å². The quantitative estimate of drug-likeness (QED) is 0.851. The zero-order chi connectivity index (χ0) is 12.3. The summed E-state index contributed by atoms with van der Waals surface area (Å²) in [4.78, 5) is 19.6. The molecule has 0 aliphatic heterocycles. The standard InChI is InChI=1S/C11H9ClN4O/c12-7-1-3-9(14-5-7)11(17)16-10-4-2-8(13)6-15-10/h1-6H,13H2,(H,15,16,17). The van der Waals surface area contributed by atoms with Gasteiger partial charge >= 0.3 is 0 Å². The van der Waals surface area contributed by atoms with Crippen LogP contribution < -0.4 is 11.1 Å². The second-order valence-electron chi connectivity index (χ2n) is 3.29. The molecule has 86 valence electrons. The van der Waals surface area contributed by atoms with Crippen molar-refractivity contribution >= 4 is 29.0 Å². The molecule has 0 saturated carbocycles. The van der Waals surface area contributed by atoms with Gasteiger partial charge in [0, 0.05) is 6.20 Å². The van der Waals surface area contributed by atoms with E-state index in [1.807, 2.05) is 0 Å². The van der Waals surface area contributed by atoms with Gasteiger partial charge in [0.25, 0.3) is 5.91 Å². The van der Waals surface area contributed by atoms with Crippen molar-refractivity contribution < 1.29 is 4.79 Å². The molecular formula is C11H9ClN4O. The summed E-state index contributed by atoms with van der Waals surface area (Å²) in [6, 6.07) is 6.40. The van der Waals surface area contributed by atoms with Crippen LogP contribution in [0.1, 0.15) is 10.5 Å². The van der Waals surface area contributed by atoms with Crippen LogP contribution in [0.4, 0.5) is 11.5 Å². The number of rotatable bonds is 2. The first kappa shape index (κ1) is 11.3. The van der Waals surface area contributed by atoms with E-state index in [0.29, 0.717) is 16.5 Å².